The minimum atomic E-state index is -4.78. The topological polar surface area (TPSA) is 110 Å². The van der Waals surface area contributed by atoms with E-state index in [9.17, 15) is 32.9 Å². The normalized spacial score (nSPS) is 12.5. The highest BCUT2D eigenvalue weighted by atomic mass is 19.4. The summed E-state index contributed by atoms with van der Waals surface area (Å²) in [5.74, 6) is -2.98. The highest BCUT2D eigenvalue weighted by molar-refractivity contribution is 5.98. The fourth-order valence-electron chi connectivity index (χ4n) is 1.73. The molecule has 1 aromatic carbocycles. The average molecular weight is 320 g/mol. The van der Waals surface area contributed by atoms with Crippen molar-refractivity contribution in [3.8, 4) is 0 Å². The van der Waals surface area contributed by atoms with E-state index in [0.29, 0.717) is 0 Å². The number of carboxylic acids is 1. The Hall–Kier alpha value is -2.65. The summed E-state index contributed by atoms with van der Waals surface area (Å²) >= 11 is 0. The van der Waals surface area contributed by atoms with Crippen molar-refractivity contribution in [3.05, 3.63) is 39.4 Å². The zero-order chi connectivity index (χ0) is 17.1. The lowest BCUT2D eigenvalue weighted by molar-refractivity contribution is -0.385. The number of carboxylic acid groups (broad SMARTS) is 1. The van der Waals surface area contributed by atoms with Crippen LogP contribution in [0.5, 0.6) is 0 Å². The van der Waals surface area contributed by atoms with Crippen molar-refractivity contribution in [1.29, 1.82) is 0 Å². The van der Waals surface area contributed by atoms with E-state index in [1.165, 1.54) is 13.0 Å². The van der Waals surface area contributed by atoms with E-state index in [2.05, 4.69) is 0 Å². The van der Waals surface area contributed by atoms with Crippen molar-refractivity contribution in [1.82, 2.24) is 5.32 Å². The number of amides is 1. The molecule has 1 aromatic rings. The number of nitro benzene ring substituents is 1. The van der Waals surface area contributed by atoms with Crippen LogP contribution in [0.25, 0.3) is 0 Å². The quantitative estimate of drug-likeness (QED) is 0.637. The van der Waals surface area contributed by atoms with Crippen LogP contribution in [0.1, 0.15) is 22.3 Å². The molecule has 1 rings (SSSR count). The van der Waals surface area contributed by atoms with Crippen molar-refractivity contribution < 1.29 is 32.8 Å². The number of alkyl halides is 3. The standard InChI is InChI=1S/C12H11F3N2O5/c1-6-7(3-2-4-9(6)17(21)22)10(18)16-8(11(19)20)5-12(13,14)15/h2-4,8H,5H2,1H3,(H,16,18)(H,19,20). The van der Waals surface area contributed by atoms with Gasteiger partial charge in [-0.05, 0) is 13.0 Å². The fraction of sp³-hybridized carbons (Fsp3) is 0.333. The summed E-state index contributed by atoms with van der Waals surface area (Å²) in [5, 5.41) is 21.2. The number of hydrogen-bond donors (Lipinski definition) is 2. The van der Waals surface area contributed by atoms with Crippen LogP contribution >= 0.6 is 0 Å². The lowest BCUT2D eigenvalue weighted by atomic mass is 10.1. The summed E-state index contributed by atoms with van der Waals surface area (Å²) in [6.07, 6.45) is -6.53. The summed E-state index contributed by atoms with van der Waals surface area (Å²) < 4.78 is 36.8. The van der Waals surface area contributed by atoms with E-state index < -0.39 is 41.1 Å². The number of benzene rings is 1. The van der Waals surface area contributed by atoms with Gasteiger partial charge in [-0.25, -0.2) is 4.79 Å². The zero-order valence-electron chi connectivity index (χ0n) is 11.2. The van der Waals surface area contributed by atoms with Gasteiger partial charge in [0, 0.05) is 17.2 Å². The van der Waals surface area contributed by atoms with Gasteiger partial charge in [-0.1, -0.05) is 6.07 Å². The van der Waals surface area contributed by atoms with Crippen molar-refractivity contribution in [2.24, 2.45) is 0 Å². The molecule has 0 fully saturated rings. The molecule has 22 heavy (non-hydrogen) atoms. The minimum absolute atomic E-state index is 0.0684. The molecule has 1 amide bonds. The molecule has 0 spiro atoms. The van der Waals surface area contributed by atoms with Crippen LogP contribution in [0, 0.1) is 17.0 Å². The van der Waals surface area contributed by atoms with Crippen molar-refractivity contribution in [2.75, 3.05) is 0 Å². The zero-order valence-corrected chi connectivity index (χ0v) is 11.2. The van der Waals surface area contributed by atoms with Gasteiger partial charge >= 0.3 is 12.1 Å². The first-order valence-corrected chi connectivity index (χ1v) is 5.87. The Morgan fingerprint density at radius 1 is 1.41 bits per heavy atom. The fourth-order valence-corrected chi connectivity index (χ4v) is 1.73. The Kier molecular flexibility index (Phi) is 5.07. The van der Waals surface area contributed by atoms with Gasteiger partial charge in [0.2, 0.25) is 0 Å². The van der Waals surface area contributed by atoms with Gasteiger partial charge in [0.05, 0.1) is 11.3 Å². The molecular weight excluding hydrogens is 309 g/mol. The largest absolute Gasteiger partial charge is 0.480 e. The Morgan fingerprint density at radius 3 is 2.45 bits per heavy atom. The SMILES string of the molecule is Cc1c(C(=O)NC(CC(F)(F)F)C(=O)O)cccc1[N+](=O)[O-]. The number of carbonyl (C=O) groups is 2. The lowest BCUT2D eigenvalue weighted by Gasteiger charge is -2.16. The molecule has 0 radical (unpaired) electrons. The van der Waals surface area contributed by atoms with Crippen molar-refractivity contribution in [3.63, 3.8) is 0 Å². The number of hydrogen-bond acceptors (Lipinski definition) is 4. The molecule has 120 valence electrons. The number of carbonyl (C=O) groups excluding carboxylic acids is 1. The third kappa shape index (κ3) is 4.43. The number of aliphatic carboxylic acids is 1. The molecular formula is C12H11F3N2O5. The molecule has 0 saturated carbocycles. The highest BCUT2D eigenvalue weighted by Gasteiger charge is 2.36. The molecule has 0 aromatic heterocycles. The van der Waals surface area contributed by atoms with Crippen LogP contribution < -0.4 is 5.32 Å². The van der Waals surface area contributed by atoms with E-state index in [-0.39, 0.29) is 11.1 Å². The van der Waals surface area contributed by atoms with Gasteiger partial charge in [0.25, 0.3) is 11.6 Å². The summed E-state index contributed by atoms with van der Waals surface area (Å²) in [6, 6.07) is 1.28. The summed E-state index contributed by atoms with van der Waals surface area (Å²) in [7, 11) is 0. The Morgan fingerprint density at radius 2 is 2.00 bits per heavy atom. The molecule has 0 aliphatic heterocycles. The second-order valence-electron chi connectivity index (χ2n) is 4.39. The van der Waals surface area contributed by atoms with E-state index in [0.717, 1.165) is 12.1 Å². The second-order valence-corrected chi connectivity index (χ2v) is 4.39. The number of halogens is 3. The average Bonchev–Trinajstić information content (AvgIpc) is 2.35. The van der Waals surface area contributed by atoms with Crippen molar-refractivity contribution in [2.45, 2.75) is 25.6 Å². The Bertz CT molecular complexity index is 615. The van der Waals surface area contributed by atoms with Crippen molar-refractivity contribution >= 4 is 17.6 Å². The van der Waals surface area contributed by atoms with E-state index >= 15 is 0 Å². The molecule has 10 heteroatoms. The second kappa shape index (κ2) is 6.41. The van der Waals surface area contributed by atoms with Gasteiger partial charge in [-0.3, -0.25) is 14.9 Å². The maximum Gasteiger partial charge on any atom is 0.391 e. The lowest BCUT2D eigenvalue weighted by Crippen LogP contribution is -2.43. The van der Waals surface area contributed by atoms with Crippen LogP contribution in [0.2, 0.25) is 0 Å². The molecule has 0 aliphatic rings. The Labute approximate surface area is 121 Å². The molecule has 0 aliphatic carbocycles. The van der Waals surface area contributed by atoms with Crippen LogP contribution in [0.4, 0.5) is 18.9 Å². The number of nitro groups is 1. The van der Waals surface area contributed by atoms with Crippen LogP contribution in [0.3, 0.4) is 0 Å². The minimum Gasteiger partial charge on any atom is -0.480 e. The molecule has 1 atom stereocenters. The summed E-state index contributed by atoms with van der Waals surface area (Å²) in [6.45, 7) is 1.24. The first kappa shape index (κ1) is 17.4. The van der Waals surface area contributed by atoms with Gasteiger partial charge in [0.15, 0.2) is 0 Å². The van der Waals surface area contributed by atoms with E-state index in [4.69, 9.17) is 5.11 Å². The molecule has 0 bridgehead atoms. The molecule has 0 saturated heterocycles. The third-order valence-electron chi connectivity index (χ3n) is 2.79. The first-order valence-electron chi connectivity index (χ1n) is 5.87. The monoisotopic (exact) mass is 320 g/mol. The smallest absolute Gasteiger partial charge is 0.391 e. The number of nitrogens with zero attached hydrogens (tertiary/aromatic N) is 1. The first-order chi connectivity index (χ1) is 10.0. The summed E-state index contributed by atoms with van der Waals surface area (Å²) in [4.78, 5) is 32.6. The number of rotatable bonds is 5. The van der Waals surface area contributed by atoms with Gasteiger partial charge in [-0.2, -0.15) is 13.2 Å². The van der Waals surface area contributed by atoms with E-state index in [1.54, 1.807) is 5.32 Å². The maximum absolute atomic E-state index is 12.3. The number of nitrogens with one attached hydrogen (secondary N) is 1. The van der Waals surface area contributed by atoms with E-state index in [1.807, 2.05) is 0 Å². The van der Waals surface area contributed by atoms with Gasteiger partial charge in [-0.15, -0.1) is 0 Å². The van der Waals surface area contributed by atoms with Crippen LogP contribution in [0.15, 0.2) is 18.2 Å². The van der Waals surface area contributed by atoms with Gasteiger partial charge < -0.3 is 10.4 Å². The molecule has 7 nitrogen and oxygen atoms in total. The predicted octanol–water partition coefficient (Wildman–Crippen LogP) is 2.04. The Balaban J connectivity index is 3.03. The molecule has 1 unspecified atom stereocenters. The summed E-state index contributed by atoms with van der Waals surface area (Å²) in [5.41, 5.74) is -0.723. The molecule has 2 N–H and O–H groups in total. The third-order valence-corrected chi connectivity index (χ3v) is 2.79. The molecule has 0 heterocycles. The van der Waals surface area contributed by atoms with Crippen LogP contribution in [-0.4, -0.2) is 34.1 Å². The van der Waals surface area contributed by atoms with Crippen LogP contribution in [-0.2, 0) is 4.79 Å². The highest BCUT2D eigenvalue weighted by Crippen LogP contribution is 2.23. The van der Waals surface area contributed by atoms with Gasteiger partial charge in [0.1, 0.15) is 6.04 Å². The maximum atomic E-state index is 12.3. The predicted molar refractivity (Wildman–Crippen MR) is 67.4 cm³/mol.